The smallest absolute Gasteiger partial charge is 0.332 e. The fourth-order valence-electron chi connectivity index (χ4n) is 2.21. The molecule has 0 aliphatic heterocycles. The van der Waals surface area contributed by atoms with Crippen molar-refractivity contribution in [3.8, 4) is 0 Å². The SMILES string of the molecule is O=C(O)C(Nc1ccc(Cl)c(Br)c1)c1cncn1C1CC1. The van der Waals surface area contributed by atoms with Gasteiger partial charge in [0.1, 0.15) is 0 Å². The molecule has 1 aromatic carbocycles. The van der Waals surface area contributed by atoms with E-state index in [1.165, 1.54) is 0 Å². The summed E-state index contributed by atoms with van der Waals surface area (Å²) in [4.78, 5) is 15.7. The Morgan fingerprint density at radius 1 is 1.52 bits per heavy atom. The lowest BCUT2D eigenvalue weighted by Crippen LogP contribution is -2.23. The number of carbonyl (C=O) groups is 1. The van der Waals surface area contributed by atoms with E-state index >= 15 is 0 Å². The fourth-order valence-corrected chi connectivity index (χ4v) is 2.71. The van der Waals surface area contributed by atoms with Crippen LogP contribution < -0.4 is 5.32 Å². The summed E-state index contributed by atoms with van der Waals surface area (Å²) < 4.78 is 2.66. The van der Waals surface area contributed by atoms with E-state index in [-0.39, 0.29) is 0 Å². The first-order valence-corrected chi connectivity index (χ1v) is 7.69. The van der Waals surface area contributed by atoms with Gasteiger partial charge in [-0.15, -0.1) is 0 Å². The van der Waals surface area contributed by atoms with Crippen LogP contribution in [0.1, 0.15) is 30.6 Å². The van der Waals surface area contributed by atoms with E-state index in [0.29, 0.717) is 26.9 Å². The van der Waals surface area contributed by atoms with Crippen molar-refractivity contribution < 1.29 is 9.90 Å². The van der Waals surface area contributed by atoms with Crippen LogP contribution in [0.15, 0.2) is 35.2 Å². The third-order valence-electron chi connectivity index (χ3n) is 3.41. The number of hydrogen-bond donors (Lipinski definition) is 2. The highest BCUT2D eigenvalue weighted by molar-refractivity contribution is 9.10. The fraction of sp³-hybridized carbons (Fsp3) is 0.286. The van der Waals surface area contributed by atoms with Crippen molar-refractivity contribution in [2.24, 2.45) is 0 Å². The second-order valence-electron chi connectivity index (χ2n) is 5.00. The van der Waals surface area contributed by atoms with Gasteiger partial charge >= 0.3 is 5.97 Å². The minimum absolute atomic E-state index is 0.378. The molecule has 1 fully saturated rings. The summed E-state index contributed by atoms with van der Waals surface area (Å²) in [7, 11) is 0. The van der Waals surface area contributed by atoms with E-state index in [1.807, 2.05) is 4.57 Å². The van der Waals surface area contributed by atoms with Crippen LogP contribution >= 0.6 is 27.5 Å². The molecule has 1 heterocycles. The first-order valence-electron chi connectivity index (χ1n) is 6.52. The zero-order chi connectivity index (χ0) is 15.0. The van der Waals surface area contributed by atoms with E-state index in [0.717, 1.165) is 12.8 Å². The zero-order valence-corrected chi connectivity index (χ0v) is 13.3. The summed E-state index contributed by atoms with van der Waals surface area (Å²) in [5.74, 6) is -0.941. The first kappa shape index (κ1) is 14.4. The minimum Gasteiger partial charge on any atom is -0.479 e. The Labute approximate surface area is 135 Å². The standard InChI is InChI=1S/C14H13BrClN3O2/c15-10-5-8(1-4-11(10)16)18-13(14(20)21)12-6-17-7-19(12)9-2-3-9/h1,4-7,9,13,18H,2-3H2,(H,20,21). The topological polar surface area (TPSA) is 67.2 Å². The van der Waals surface area contributed by atoms with Gasteiger partial charge in [0.15, 0.2) is 6.04 Å². The number of aromatic nitrogens is 2. The van der Waals surface area contributed by atoms with Crippen LogP contribution in [0.2, 0.25) is 5.02 Å². The molecule has 3 rings (SSSR count). The Morgan fingerprint density at radius 3 is 2.90 bits per heavy atom. The van der Waals surface area contributed by atoms with Crippen LogP contribution in [0.4, 0.5) is 5.69 Å². The molecule has 0 amide bonds. The second-order valence-corrected chi connectivity index (χ2v) is 6.26. The van der Waals surface area contributed by atoms with Gasteiger partial charge < -0.3 is 15.0 Å². The summed E-state index contributed by atoms with van der Waals surface area (Å²) in [6.45, 7) is 0. The number of nitrogens with zero attached hydrogens (tertiary/aromatic N) is 2. The number of imidazole rings is 1. The molecule has 7 heteroatoms. The van der Waals surface area contributed by atoms with Crippen molar-refractivity contribution in [2.45, 2.75) is 24.9 Å². The Kier molecular flexibility index (Phi) is 3.91. The molecule has 0 bridgehead atoms. The van der Waals surface area contributed by atoms with E-state index in [4.69, 9.17) is 11.6 Å². The minimum atomic E-state index is -0.941. The molecule has 2 N–H and O–H groups in total. The molecule has 1 unspecified atom stereocenters. The number of aliphatic carboxylic acids is 1. The maximum absolute atomic E-state index is 11.6. The number of carboxylic acids is 1. The number of rotatable bonds is 5. The van der Waals surface area contributed by atoms with Crippen LogP contribution in [-0.4, -0.2) is 20.6 Å². The number of halogens is 2. The van der Waals surface area contributed by atoms with E-state index in [2.05, 4.69) is 26.2 Å². The van der Waals surface area contributed by atoms with Gasteiger partial charge in [-0.2, -0.15) is 0 Å². The Balaban J connectivity index is 1.89. The number of hydrogen-bond acceptors (Lipinski definition) is 3. The van der Waals surface area contributed by atoms with Crippen molar-refractivity contribution in [1.29, 1.82) is 0 Å². The average molecular weight is 371 g/mol. The highest BCUT2D eigenvalue weighted by Crippen LogP contribution is 2.37. The van der Waals surface area contributed by atoms with Gasteiger partial charge in [0.05, 0.1) is 23.2 Å². The molecule has 1 aromatic heterocycles. The maximum atomic E-state index is 11.6. The number of nitrogens with one attached hydrogen (secondary N) is 1. The van der Waals surface area contributed by atoms with Crippen molar-refractivity contribution in [1.82, 2.24) is 9.55 Å². The van der Waals surface area contributed by atoms with Gasteiger partial charge in [0.2, 0.25) is 0 Å². The highest BCUT2D eigenvalue weighted by atomic mass is 79.9. The van der Waals surface area contributed by atoms with Gasteiger partial charge in [-0.25, -0.2) is 9.78 Å². The van der Waals surface area contributed by atoms with Crippen molar-refractivity contribution in [2.75, 3.05) is 5.32 Å². The van der Waals surface area contributed by atoms with Crippen molar-refractivity contribution in [3.63, 3.8) is 0 Å². The molecule has 5 nitrogen and oxygen atoms in total. The van der Waals surface area contributed by atoms with Crippen LogP contribution in [-0.2, 0) is 4.79 Å². The zero-order valence-electron chi connectivity index (χ0n) is 11.0. The molecular formula is C14H13BrClN3O2. The van der Waals surface area contributed by atoms with Gasteiger partial charge in [-0.3, -0.25) is 0 Å². The van der Waals surface area contributed by atoms with Crippen LogP contribution in [0.5, 0.6) is 0 Å². The van der Waals surface area contributed by atoms with Crippen LogP contribution in [0.3, 0.4) is 0 Å². The third-order valence-corrected chi connectivity index (χ3v) is 4.62. The molecule has 1 aliphatic carbocycles. The number of anilines is 1. The predicted octanol–water partition coefficient (Wildman–Crippen LogP) is 3.87. The Hall–Kier alpha value is -1.53. The molecular weight excluding hydrogens is 358 g/mol. The van der Waals surface area contributed by atoms with Gasteiger partial charge in [-0.1, -0.05) is 11.6 Å². The number of benzene rings is 1. The predicted molar refractivity (Wildman–Crippen MR) is 83.6 cm³/mol. The molecule has 1 atom stereocenters. The third kappa shape index (κ3) is 3.06. The quantitative estimate of drug-likeness (QED) is 0.838. The van der Waals surface area contributed by atoms with Gasteiger partial charge in [-0.05, 0) is 47.0 Å². The van der Waals surface area contributed by atoms with Gasteiger partial charge in [0.25, 0.3) is 0 Å². The molecule has 21 heavy (non-hydrogen) atoms. The normalized spacial score (nSPS) is 15.7. The van der Waals surface area contributed by atoms with Crippen molar-refractivity contribution >= 4 is 39.2 Å². The summed E-state index contributed by atoms with van der Waals surface area (Å²) in [6, 6.07) is 4.76. The van der Waals surface area contributed by atoms with E-state index in [9.17, 15) is 9.90 Å². The lowest BCUT2D eigenvalue weighted by molar-refractivity contribution is -0.138. The van der Waals surface area contributed by atoms with Crippen molar-refractivity contribution in [3.05, 3.63) is 45.9 Å². The van der Waals surface area contributed by atoms with Gasteiger partial charge in [0, 0.05) is 16.2 Å². The summed E-state index contributed by atoms with van der Waals surface area (Å²) in [5, 5.41) is 13.1. The molecule has 0 radical (unpaired) electrons. The lowest BCUT2D eigenvalue weighted by Gasteiger charge is -2.18. The molecule has 1 saturated carbocycles. The Bertz CT molecular complexity index is 685. The second kappa shape index (κ2) is 5.69. The maximum Gasteiger partial charge on any atom is 0.332 e. The monoisotopic (exact) mass is 369 g/mol. The van der Waals surface area contributed by atoms with E-state index in [1.54, 1.807) is 30.7 Å². The summed E-state index contributed by atoms with van der Waals surface area (Å²) in [5.41, 5.74) is 1.35. The molecule has 0 saturated heterocycles. The highest BCUT2D eigenvalue weighted by Gasteiger charge is 2.30. The largest absolute Gasteiger partial charge is 0.479 e. The molecule has 110 valence electrons. The number of carboxylic acid groups (broad SMARTS) is 1. The Morgan fingerprint density at radius 2 is 2.29 bits per heavy atom. The molecule has 1 aliphatic rings. The van der Waals surface area contributed by atoms with Crippen LogP contribution in [0, 0.1) is 0 Å². The first-order chi connectivity index (χ1) is 10.1. The van der Waals surface area contributed by atoms with E-state index < -0.39 is 12.0 Å². The summed E-state index contributed by atoms with van der Waals surface area (Å²) in [6.07, 6.45) is 5.45. The van der Waals surface area contributed by atoms with Crippen LogP contribution in [0.25, 0.3) is 0 Å². The molecule has 2 aromatic rings. The molecule has 0 spiro atoms. The average Bonchev–Trinajstić information content (AvgIpc) is 3.18. The lowest BCUT2D eigenvalue weighted by atomic mass is 10.2. The summed E-state index contributed by atoms with van der Waals surface area (Å²) >= 11 is 9.28.